The molecular formula is C26H36O4. The van der Waals surface area contributed by atoms with E-state index in [1.165, 1.54) is 19.3 Å². The van der Waals surface area contributed by atoms with Crippen LogP contribution in [0, 0.1) is 0 Å². The summed E-state index contributed by atoms with van der Waals surface area (Å²) in [6.45, 7) is 8.76. The Morgan fingerprint density at radius 2 is 1.77 bits per heavy atom. The number of unbranched alkanes of at least 4 members (excludes halogenated alkanes) is 3. The van der Waals surface area contributed by atoms with Crippen LogP contribution >= 0.6 is 0 Å². The number of rotatable bonds is 9. The number of aliphatic hydroxyl groups is 1. The van der Waals surface area contributed by atoms with E-state index >= 15 is 0 Å². The number of fused-ring (bicyclic) bond motifs is 3. The fraction of sp³-hybridized carbons (Fsp3) is 0.538. The first-order valence-electron chi connectivity index (χ1n) is 11.2. The van der Waals surface area contributed by atoms with Crippen LogP contribution in [0.4, 0.5) is 0 Å². The molecule has 0 fully saturated rings. The Balaban J connectivity index is 2.04. The van der Waals surface area contributed by atoms with Crippen molar-refractivity contribution in [2.75, 3.05) is 6.61 Å². The van der Waals surface area contributed by atoms with Crippen molar-refractivity contribution in [3.8, 4) is 28.4 Å². The van der Waals surface area contributed by atoms with Gasteiger partial charge in [-0.2, -0.15) is 0 Å². The molecule has 0 aliphatic carbocycles. The largest absolute Gasteiger partial charge is 0.508 e. The molecule has 2 aromatic carbocycles. The fourth-order valence-corrected chi connectivity index (χ4v) is 4.58. The Kier molecular flexibility index (Phi) is 6.66. The third-order valence-electron chi connectivity index (χ3n) is 6.51. The lowest BCUT2D eigenvalue weighted by atomic mass is 9.77. The van der Waals surface area contributed by atoms with Gasteiger partial charge in [0.2, 0.25) is 0 Å². The summed E-state index contributed by atoms with van der Waals surface area (Å²) in [6, 6.07) is 9.11. The average Bonchev–Trinajstić information content (AvgIpc) is 2.69. The lowest BCUT2D eigenvalue weighted by molar-refractivity contribution is 0.0649. The third-order valence-corrected chi connectivity index (χ3v) is 6.51. The Bertz CT molecular complexity index is 887. The number of hydrogen-bond donors (Lipinski definition) is 3. The number of phenols is 2. The Hall–Kier alpha value is -2.20. The molecule has 0 aromatic heterocycles. The number of benzene rings is 2. The molecule has 0 spiro atoms. The minimum atomic E-state index is -0.630. The molecule has 3 N–H and O–H groups in total. The normalized spacial score (nSPS) is 17.9. The molecule has 0 amide bonds. The standard InChI is InChI=1S/C26H36O4/c1-5-6-7-8-12-25(2,3)18-15-22(29)24-20-17-19(28)10-11-21(20)26(4,13-9-14-27)30-23(24)16-18/h10-11,15-17,27-29H,5-9,12-14H2,1-4H3/t26-/m0/s1. The van der Waals surface area contributed by atoms with Gasteiger partial charge in [0.1, 0.15) is 22.8 Å². The van der Waals surface area contributed by atoms with E-state index in [0.29, 0.717) is 24.2 Å². The molecular weight excluding hydrogens is 376 g/mol. The topological polar surface area (TPSA) is 69.9 Å². The van der Waals surface area contributed by atoms with Crippen molar-refractivity contribution in [3.05, 3.63) is 41.5 Å². The summed E-state index contributed by atoms with van der Waals surface area (Å²) >= 11 is 0. The van der Waals surface area contributed by atoms with Gasteiger partial charge in [0.15, 0.2) is 0 Å². The van der Waals surface area contributed by atoms with Crippen molar-refractivity contribution in [3.63, 3.8) is 0 Å². The number of aromatic hydroxyl groups is 2. The van der Waals surface area contributed by atoms with Crippen LogP contribution in [0.2, 0.25) is 0 Å². The summed E-state index contributed by atoms with van der Waals surface area (Å²) in [4.78, 5) is 0. The first-order valence-corrected chi connectivity index (χ1v) is 11.2. The fourth-order valence-electron chi connectivity index (χ4n) is 4.58. The van der Waals surface area contributed by atoms with E-state index in [9.17, 15) is 15.3 Å². The summed E-state index contributed by atoms with van der Waals surface area (Å²) in [7, 11) is 0. The van der Waals surface area contributed by atoms with Crippen molar-refractivity contribution >= 4 is 0 Å². The highest BCUT2D eigenvalue weighted by Crippen LogP contribution is 2.52. The maximum absolute atomic E-state index is 11.0. The summed E-state index contributed by atoms with van der Waals surface area (Å²) in [5.41, 5.74) is 2.69. The number of phenolic OH excluding ortho intramolecular Hbond substituents is 2. The van der Waals surface area contributed by atoms with Gasteiger partial charge in [-0.15, -0.1) is 0 Å². The molecule has 0 bridgehead atoms. The number of ether oxygens (including phenoxy) is 1. The summed E-state index contributed by atoms with van der Waals surface area (Å²) in [5, 5.41) is 30.5. The van der Waals surface area contributed by atoms with Crippen molar-refractivity contribution in [2.45, 2.75) is 83.7 Å². The van der Waals surface area contributed by atoms with Crippen LogP contribution in [0.5, 0.6) is 17.2 Å². The zero-order valence-electron chi connectivity index (χ0n) is 18.8. The molecule has 0 radical (unpaired) electrons. The molecule has 1 atom stereocenters. The van der Waals surface area contributed by atoms with Crippen molar-refractivity contribution < 1.29 is 20.1 Å². The van der Waals surface area contributed by atoms with Gasteiger partial charge in [0.25, 0.3) is 0 Å². The lowest BCUT2D eigenvalue weighted by Crippen LogP contribution is -2.33. The number of aliphatic hydroxyl groups excluding tert-OH is 1. The molecule has 1 aliphatic rings. The SMILES string of the molecule is CCCCCCC(C)(C)c1cc(O)c2c(c1)O[C@@](C)(CCCO)c1ccc(O)cc1-2. The monoisotopic (exact) mass is 412 g/mol. The zero-order valence-corrected chi connectivity index (χ0v) is 18.8. The Labute approximate surface area is 180 Å². The molecule has 30 heavy (non-hydrogen) atoms. The molecule has 2 aromatic rings. The van der Waals surface area contributed by atoms with Crippen LogP contribution < -0.4 is 4.74 Å². The summed E-state index contributed by atoms with van der Waals surface area (Å²) in [5.74, 6) is 0.983. The maximum atomic E-state index is 11.0. The first kappa shape index (κ1) is 22.5. The number of hydrogen-bond acceptors (Lipinski definition) is 4. The Morgan fingerprint density at radius 3 is 2.47 bits per heavy atom. The van der Waals surface area contributed by atoms with Crippen LogP contribution in [0.15, 0.2) is 30.3 Å². The van der Waals surface area contributed by atoms with Gasteiger partial charge >= 0.3 is 0 Å². The van der Waals surface area contributed by atoms with Crippen molar-refractivity contribution in [1.29, 1.82) is 0 Å². The average molecular weight is 413 g/mol. The lowest BCUT2D eigenvalue weighted by Gasteiger charge is -2.39. The molecule has 1 heterocycles. The predicted octanol–water partition coefficient (Wildman–Crippen LogP) is 6.39. The van der Waals surface area contributed by atoms with Gasteiger partial charge in [-0.25, -0.2) is 0 Å². The molecule has 4 heteroatoms. The smallest absolute Gasteiger partial charge is 0.132 e. The molecule has 3 rings (SSSR count). The van der Waals surface area contributed by atoms with E-state index in [4.69, 9.17) is 4.74 Å². The van der Waals surface area contributed by atoms with Crippen LogP contribution in [0.1, 0.15) is 83.8 Å². The van der Waals surface area contributed by atoms with E-state index < -0.39 is 5.60 Å². The van der Waals surface area contributed by atoms with Crippen LogP contribution in [0.3, 0.4) is 0 Å². The first-order chi connectivity index (χ1) is 14.2. The molecule has 4 nitrogen and oxygen atoms in total. The van der Waals surface area contributed by atoms with Gasteiger partial charge in [-0.05, 0) is 67.0 Å². The quantitative estimate of drug-likeness (QED) is 0.417. The minimum Gasteiger partial charge on any atom is -0.508 e. The Morgan fingerprint density at radius 1 is 1.00 bits per heavy atom. The summed E-state index contributed by atoms with van der Waals surface area (Å²) in [6.07, 6.45) is 7.14. The second-order valence-corrected chi connectivity index (χ2v) is 9.45. The van der Waals surface area contributed by atoms with Crippen LogP contribution in [-0.4, -0.2) is 21.9 Å². The maximum Gasteiger partial charge on any atom is 0.132 e. The van der Waals surface area contributed by atoms with E-state index in [1.807, 2.05) is 19.1 Å². The molecule has 164 valence electrons. The van der Waals surface area contributed by atoms with Gasteiger partial charge in [0, 0.05) is 12.2 Å². The van der Waals surface area contributed by atoms with Gasteiger partial charge in [-0.3, -0.25) is 0 Å². The van der Waals surface area contributed by atoms with E-state index in [0.717, 1.165) is 29.5 Å². The second-order valence-electron chi connectivity index (χ2n) is 9.45. The van der Waals surface area contributed by atoms with E-state index in [2.05, 4.69) is 26.8 Å². The molecule has 0 saturated heterocycles. The van der Waals surface area contributed by atoms with Crippen molar-refractivity contribution in [1.82, 2.24) is 0 Å². The van der Waals surface area contributed by atoms with Crippen LogP contribution in [-0.2, 0) is 11.0 Å². The molecule has 1 aliphatic heterocycles. The molecule has 0 saturated carbocycles. The van der Waals surface area contributed by atoms with Crippen LogP contribution in [0.25, 0.3) is 11.1 Å². The van der Waals surface area contributed by atoms with E-state index in [-0.39, 0.29) is 23.5 Å². The highest BCUT2D eigenvalue weighted by Gasteiger charge is 2.38. The zero-order chi connectivity index (χ0) is 21.9. The third kappa shape index (κ3) is 4.44. The molecule has 0 unspecified atom stereocenters. The van der Waals surface area contributed by atoms with Gasteiger partial charge < -0.3 is 20.1 Å². The predicted molar refractivity (Wildman–Crippen MR) is 121 cm³/mol. The van der Waals surface area contributed by atoms with Gasteiger partial charge in [0.05, 0.1) is 5.56 Å². The highest BCUT2D eigenvalue weighted by molar-refractivity contribution is 5.83. The highest BCUT2D eigenvalue weighted by atomic mass is 16.5. The van der Waals surface area contributed by atoms with E-state index in [1.54, 1.807) is 12.1 Å². The van der Waals surface area contributed by atoms with Crippen molar-refractivity contribution in [2.24, 2.45) is 0 Å². The van der Waals surface area contributed by atoms with Gasteiger partial charge in [-0.1, -0.05) is 52.5 Å². The minimum absolute atomic E-state index is 0.0792. The second kappa shape index (κ2) is 8.89. The summed E-state index contributed by atoms with van der Waals surface area (Å²) < 4.78 is 6.49.